The molecule has 0 aliphatic rings. The van der Waals surface area contributed by atoms with E-state index in [2.05, 4.69) is 8.37 Å². The molecule has 78 valence electrons. The Hall–Kier alpha value is -0.670. The van der Waals surface area contributed by atoms with Crippen molar-refractivity contribution in [3.63, 3.8) is 0 Å². The third-order valence-electron chi connectivity index (χ3n) is 0.635. The summed E-state index contributed by atoms with van der Waals surface area (Å²) in [5.41, 5.74) is 0. The fourth-order valence-electron chi connectivity index (χ4n) is 0.348. The van der Waals surface area contributed by atoms with Crippen LogP contribution < -0.4 is 0 Å². The molecule has 0 aromatic carbocycles. The number of rotatable bonds is 4. The van der Waals surface area contributed by atoms with Gasteiger partial charge in [-0.05, 0) is 0 Å². The minimum absolute atomic E-state index is 0.658. The van der Waals surface area contributed by atoms with Crippen LogP contribution in [-0.2, 0) is 33.4 Å². The van der Waals surface area contributed by atoms with E-state index in [9.17, 15) is 21.6 Å². The highest BCUT2D eigenvalue weighted by Gasteiger charge is 2.13. The molecule has 0 heterocycles. The van der Waals surface area contributed by atoms with Crippen molar-refractivity contribution >= 4 is 26.2 Å². The van der Waals surface area contributed by atoms with Crippen LogP contribution in [0.4, 0.5) is 0 Å². The Morgan fingerprint density at radius 2 is 1.54 bits per heavy atom. The summed E-state index contributed by atoms with van der Waals surface area (Å²) >= 11 is 0. The van der Waals surface area contributed by atoms with Crippen molar-refractivity contribution in [2.75, 3.05) is 19.1 Å². The molecular formula is C4H8O7S2. The lowest BCUT2D eigenvalue weighted by Gasteiger charge is -2.00. The van der Waals surface area contributed by atoms with E-state index in [1.807, 2.05) is 0 Å². The molecule has 0 rings (SSSR count). The molecular weight excluding hydrogens is 224 g/mol. The minimum Gasteiger partial charge on any atom is -0.343 e. The van der Waals surface area contributed by atoms with Gasteiger partial charge in [-0.3, -0.25) is 4.18 Å². The lowest BCUT2D eigenvalue weighted by atomic mass is 10.8. The quantitative estimate of drug-likeness (QED) is 0.541. The molecule has 0 bridgehead atoms. The molecule has 7 nitrogen and oxygen atoms in total. The molecule has 0 spiro atoms. The van der Waals surface area contributed by atoms with Crippen molar-refractivity contribution in [3.8, 4) is 0 Å². The zero-order valence-corrected chi connectivity index (χ0v) is 8.51. The molecule has 0 aliphatic heterocycles. The van der Waals surface area contributed by atoms with Crippen molar-refractivity contribution < 1.29 is 30.0 Å². The molecule has 0 aromatic heterocycles. The maximum absolute atomic E-state index is 10.5. The summed E-state index contributed by atoms with van der Waals surface area (Å²) in [7, 11) is -7.69. The van der Waals surface area contributed by atoms with E-state index in [0.717, 1.165) is 6.26 Å². The van der Waals surface area contributed by atoms with Gasteiger partial charge in [-0.2, -0.15) is 16.8 Å². The first kappa shape index (κ1) is 12.3. The first-order valence-corrected chi connectivity index (χ1v) is 6.50. The van der Waals surface area contributed by atoms with Crippen molar-refractivity contribution in [2.24, 2.45) is 0 Å². The van der Waals surface area contributed by atoms with E-state index in [-0.39, 0.29) is 0 Å². The van der Waals surface area contributed by atoms with Crippen LogP contribution in [0.1, 0.15) is 0 Å². The topological polar surface area (TPSA) is 104 Å². The van der Waals surface area contributed by atoms with Gasteiger partial charge in [0.1, 0.15) is 0 Å². The lowest BCUT2D eigenvalue weighted by Crippen LogP contribution is -2.18. The van der Waals surface area contributed by atoms with Gasteiger partial charge in [0.05, 0.1) is 12.5 Å². The van der Waals surface area contributed by atoms with Crippen molar-refractivity contribution in [1.29, 1.82) is 0 Å². The van der Waals surface area contributed by atoms with E-state index in [1.54, 1.807) is 0 Å². The zero-order chi connectivity index (χ0) is 10.7. The van der Waals surface area contributed by atoms with Gasteiger partial charge < -0.3 is 4.18 Å². The van der Waals surface area contributed by atoms with Crippen LogP contribution in [0.2, 0.25) is 0 Å². The van der Waals surface area contributed by atoms with Crippen molar-refractivity contribution in [3.05, 3.63) is 0 Å². The van der Waals surface area contributed by atoms with Crippen LogP contribution in [0.3, 0.4) is 0 Å². The van der Waals surface area contributed by atoms with Crippen LogP contribution in [-0.4, -0.2) is 41.9 Å². The van der Waals surface area contributed by atoms with Gasteiger partial charge in [-0.1, -0.05) is 0 Å². The summed E-state index contributed by atoms with van der Waals surface area (Å²) in [6.45, 7) is -0.952. The molecule has 0 saturated heterocycles. The first-order valence-electron chi connectivity index (χ1n) is 2.87. The minimum atomic E-state index is -3.92. The van der Waals surface area contributed by atoms with Gasteiger partial charge in [0, 0.05) is 0 Å². The number of hydrogen-bond donors (Lipinski definition) is 0. The number of carbonyl (C=O) groups excluding carboxylic acids is 1. The van der Waals surface area contributed by atoms with Gasteiger partial charge >= 0.3 is 16.1 Å². The predicted molar refractivity (Wildman–Crippen MR) is 41.7 cm³/mol. The first-order chi connectivity index (χ1) is 5.60. The van der Waals surface area contributed by atoms with E-state index in [1.165, 1.54) is 0 Å². The van der Waals surface area contributed by atoms with E-state index < -0.39 is 32.8 Å². The fourth-order valence-corrected chi connectivity index (χ4v) is 1.04. The largest absolute Gasteiger partial charge is 0.349 e. The molecule has 0 N–H and O–H groups in total. The Kier molecular flexibility index (Phi) is 3.82. The van der Waals surface area contributed by atoms with Crippen LogP contribution in [0.15, 0.2) is 0 Å². The average Bonchev–Trinajstić information content (AvgIpc) is 1.78. The molecule has 0 aromatic rings. The van der Waals surface area contributed by atoms with Crippen molar-refractivity contribution in [2.45, 2.75) is 0 Å². The van der Waals surface area contributed by atoms with Gasteiger partial charge in [0.15, 0.2) is 6.61 Å². The maximum atomic E-state index is 10.5. The highest BCUT2D eigenvalue weighted by atomic mass is 32.2. The lowest BCUT2D eigenvalue weighted by molar-refractivity contribution is -0.135. The summed E-state index contributed by atoms with van der Waals surface area (Å²) < 4.78 is 49.0. The Balaban J connectivity index is 4.07. The zero-order valence-electron chi connectivity index (χ0n) is 6.88. The van der Waals surface area contributed by atoms with Gasteiger partial charge in [-0.15, -0.1) is 0 Å². The second-order valence-corrected chi connectivity index (χ2v) is 5.34. The summed E-state index contributed by atoms with van der Waals surface area (Å²) in [5, 5.41) is 0. The monoisotopic (exact) mass is 232 g/mol. The molecule has 9 heteroatoms. The molecule has 0 radical (unpaired) electrons. The third kappa shape index (κ3) is 9.24. The van der Waals surface area contributed by atoms with Crippen LogP contribution in [0, 0.1) is 0 Å². The normalized spacial score (nSPS) is 12.5. The molecule has 0 fully saturated rings. The SMILES string of the molecule is CS(=O)(=O)OCC(=O)OS(C)(=O)=O. The van der Waals surface area contributed by atoms with Crippen LogP contribution in [0.25, 0.3) is 0 Å². The molecule has 0 amide bonds. The van der Waals surface area contributed by atoms with Crippen LogP contribution >= 0.6 is 0 Å². The number of carbonyl (C=O) groups is 1. The third-order valence-corrected chi connectivity index (χ3v) is 1.67. The molecule has 0 aliphatic carbocycles. The molecule has 0 unspecified atom stereocenters. The Morgan fingerprint density at radius 1 is 1.08 bits per heavy atom. The van der Waals surface area contributed by atoms with E-state index in [0.29, 0.717) is 6.26 Å². The smallest absolute Gasteiger partial charge is 0.343 e. The van der Waals surface area contributed by atoms with Gasteiger partial charge in [-0.25, -0.2) is 4.79 Å². The maximum Gasteiger partial charge on any atom is 0.349 e. The van der Waals surface area contributed by atoms with E-state index >= 15 is 0 Å². The van der Waals surface area contributed by atoms with E-state index in [4.69, 9.17) is 0 Å². The second-order valence-electron chi connectivity index (χ2n) is 2.13. The molecule has 0 atom stereocenters. The molecule has 13 heavy (non-hydrogen) atoms. The summed E-state index contributed by atoms with van der Waals surface area (Å²) in [5.74, 6) is -1.28. The highest BCUT2D eigenvalue weighted by Crippen LogP contribution is 1.92. The Labute approximate surface area is 75.9 Å². The van der Waals surface area contributed by atoms with Crippen molar-refractivity contribution in [1.82, 2.24) is 0 Å². The van der Waals surface area contributed by atoms with Gasteiger partial charge in [0.2, 0.25) is 0 Å². The Morgan fingerprint density at radius 3 is 1.85 bits per heavy atom. The average molecular weight is 232 g/mol. The Bertz CT molecular complexity index is 375. The second kappa shape index (κ2) is 4.03. The standard InChI is InChI=1S/C4H8O7S2/c1-12(6,7)10-3-4(5)11-13(2,8)9/h3H2,1-2H3. The summed E-state index contributed by atoms with van der Waals surface area (Å²) in [6.07, 6.45) is 1.38. The highest BCUT2D eigenvalue weighted by molar-refractivity contribution is 7.86. The predicted octanol–water partition coefficient (Wildman–Crippen LogP) is -1.53. The summed E-state index contributed by atoms with van der Waals surface area (Å²) in [4.78, 5) is 10.5. The summed E-state index contributed by atoms with van der Waals surface area (Å²) in [6, 6.07) is 0. The van der Waals surface area contributed by atoms with Gasteiger partial charge in [0.25, 0.3) is 10.1 Å². The van der Waals surface area contributed by atoms with Crippen LogP contribution in [0.5, 0.6) is 0 Å². The molecule has 0 saturated carbocycles. The fraction of sp³-hybridized carbons (Fsp3) is 0.750. The number of hydrogen-bond acceptors (Lipinski definition) is 7.